The van der Waals surface area contributed by atoms with Crippen LogP contribution in [-0.4, -0.2) is 37.2 Å². The van der Waals surface area contributed by atoms with Gasteiger partial charge in [-0.15, -0.1) is 0 Å². The van der Waals surface area contributed by atoms with E-state index in [-0.39, 0.29) is 11.5 Å². The minimum atomic E-state index is -0.0262. The maximum Gasteiger partial charge on any atom is 0.221 e. The summed E-state index contributed by atoms with van der Waals surface area (Å²) in [4.78, 5) is 11.2. The second kappa shape index (κ2) is 6.21. The molecule has 0 aliphatic carbocycles. The van der Waals surface area contributed by atoms with Gasteiger partial charge in [-0.05, 0) is 33.6 Å². The fraction of sp³-hybridized carbons (Fsp3) is 0.917. The molecule has 0 bridgehead atoms. The molecule has 2 N–H and O–H groups in total. The van der Waals surface area contributed by atoms with Crippen molar-refractivity contribution in [1.82, 2.24) is 10.6 Å². The molecule has 1 saturated heterocycles. The molecule has 94 valence electrons. The predicted octanol–water partition coefficient (Wildman–Crippen LogP) is 1.06. The highest BCUT2D eigenvalue weighted by atomic mass is 16.5. The van der Waals surface area contributed by atoms with Crippen LogP contribution in [0.15, 0.2) is 0 Å². The van der Waals surface area contributed by atoms with Crippen LogP contribution < -0.4 is 10.6 Å². The first-order chi connectivity index (χ1) is 7.53. The Hall–Kier alpha value is -0.610. The summed E-state index contributed by atoms with van der Waals surface area (Å²) in [5, 5.41) is 6.22. The third-order valence-electron chi connectivity index (χ3n) is 2.86. The number of carbonyl (C=O) groups is 1. The normalized spacial score (nSPS) is 24.1. The standard InChI is InChI=1S/C12H24N2O2/c1-4-13-11(15)5-7-14-10-6-8-16-12(2,3)9-10/h10,14H,4-9H2,1-3H3,(H,13,15). The van der Waals surface area contributed by atoms with Gasteiger partial charge in [-0.25, -0.2) is 0 Å². The average molecular weight is 228 g/mol. The van der Waals surface area contributed by atoms with Gasteiger partial charge in [-0.2, -0.15) is 0 Å². The number of carbonyl (C=O) groups excluding carboxylic acids is 1. The van der Waals surface area contributed by atoms with Crippen LogP contribution in [0, 0.1) is 0 Å². The van der Waals surface area contributed by atoms with Crippen molar-refractivity contribution in [3.8, 4) is 0 Å². The van der Waals surface area contributed by atoms with Gasteiger partial charge in [-0.3, -0.25) is 4.79 Å². The van der Waals surface area contributed by atoms with Gasteiger partial charge in [-0.1, -0.05) is 0 Å². The van der Waals surface area contributed by atoms with Crippen LogP contribution in [0.2, 0.25) is 0 Å². The summed E-state index contributed by atoms with van der Waals surface area (Å²) in [5.74, 6) is 0.126. The first-order valence-electron chi connectivity index (χ1n) is 6.17. The maximum absolute atomic E-state index is 11.2. The molecule has 0 radical (unpaired) electrons. The third-order valence-corrected chi connectivity index (χ3v) is 2.86. The summed E-state index contributed by atoms with van der Waals surface area (Å²) in [6, 6.07) is 0.484. The average Bonchev–Trinajstić information content (AvgIpc) is 2.16. The van der Waals surface area contributed by atoms with Crippen molar-refractivity contribution in [1.29, 1.82) is 0 Å². The number of amides is 1. The van der Waals surface area contributed by atoms with Crippen molar-refractivity contribution < 1.29 is 9.53 Å². The van der Waals surface area contributed by atoms with Gasteiger partial charge in [0.25, 0.3) is 0 Å². The highest BCUT2D eigenvalue weighted by molar-refractivity contribution is 5.75. The second-order valence-electron chi connectivity index (χ2n) is 4.96. The number of ether oxygens (including phenoxy) is 1. The SMILES string of the molecule is CCNC(=O)CCNC1CCOC(C)(C)C1. The van der Waals surface area contributed by atoms with Crippen molar-refractivity contribution in [2.75, 3.05) is 19.7 Å². The van der Waals surface area contributed by atoms with E-state index in [9.17, 15) is 4.79 Å². The monoisotopic (exact) mass is 228 g/mol. The number of hydrogen-bond donors (Lipinski definition) is 2. The molecule has 0 spiro atoms. The Kier molecular flexibility index (Phi) is 5.22. The van der Waals surface area contributed by atoms with Gasteiger partial charge >= 0.3 is 0 Å². The Bertz CT molecular complexity index is 229. The Morgan fingerprint density at radius 3 is 2.88 bits per heavy atom. The van der Waals surface area contributed by atoms with Crippen LogP contribution in [0.4, 0.5) is 0 Å². The molecule has 4 nitrogen and oxygen atoms in total. The highest BCUT2D eigenvalue weighted by Crippen LogP contribution is 2.23. The molecule has 1 atom stereocenters. The van der Waals surface area contributed by atoms with Crippen molar-refractivity contribution in [2.45, 2.75) is 51.7 Å². The van der Waals surface area contributed by atoms with Gasteiger partial charge in [0.15, 0.2) is 0 Å². The van der Waals surface area contributed by atoms with E-state index in [0.717, 1.165) is 26.0 Å². The minimum Gasteiger partial charge on any atom is -0.375 e. The van der Waals surface area contributed by atoms with E-state index in [4.69, 9.17) is 4.74 Å². The van der Waals surface area contributed by atoms with Crippen LogP contribution in [0.1, 0.15) is 40.0 Å². The molecule has 0 aromatic rings. The van der Waals surface area contributed by atoms with E-state index in [1.54, 1.807) is 0 Å². The summed E-state index contributed by atoms with van der Waals surface area (Å²) in [6.45, 7) is 8.45. The quantitative estimate of drug-likeness (QED) is 0.740. The van der Waals surface area contributed by atoms with E-state index >= 15 is 0 Å². The summed E-state index contributed by atoms with van der Waals surface area (Å²) < 4.78 is 5.64. The molecule has 0 saturated carbocycles. The van der Waals surface area contributed by atoms with E-state index in [2.05, 4.69) is 24.5 Å². The summed E-state index contributed by atoms with van der Waals surface area (Å²) in [7, 11) is 0. The zero-order chi connectivity index (χ0) is 12.0. The number of hydrogen-bond acceptors (Lipinski definition) is 3. The van der Waals surface area contributed by atoms with Gasteiger partial charge in [0.2, 0.25) is 5.91 Å². The molecule has 1 heterocycles. The number of nitrogens with one attached hydrogen (secondary N) is 2. The third kappa shape index (κ3) is 4.94. The largest absolute Gasteiger partial charge is 0.375 e. The second-order valence-corrected chi connectivity index (χ2v) is 4.96. The van der Waals surface area contributed by atoms with Crippen LogP contribution in [0.3, 0.4) is 0 Å². The van der Waals surface area contributed by atoms with Gasteiger partial charge in [0, 0.05) is 32.2 Å². The molecule has 16 heavy (non-hydrogen) atoms. The maximum atomic E-state index is 11.2. The lowest BCUT2D eigenvalue weighted by molar-refractivity contribution is -0.120. The molecular weight excluding hydrogens is 204 g/mol. The highest BCUT2D eigenvalue weighted by Gasteiger charge is 2.28. The topological polar surface area (TPSA) is 50.4 Å². The van der Waals surface area contributed by atoms with Crippen molar-refractivity contribution >= 4 is 5.91 Å². The molecule has 1 unspecified atom stereocenters. The van der Waals surface area contributed by atoms with Crippen molar-refractivity contribution in [2.24, 2.45) is 0 Å². The smallest absolute Gasteiger partial charge is 0.221 e. The van der Waals surface area contributed by atoms with E-state index in [0.29, 0.717) is 19.0 Å². The van der Waals surface area contributed by atoms with Gasteiger partial charge in [0.05, 0.1) is 5.60 Å². The molecule has 4 heteroatoms. The molecule has 1 aliphatic rings. The predicted molar refractivity (Wildman–Crippen MR) is 64.4 cm³/mol. The Morgan fingerprint density at radius 2 is 2.25 bits per heavy atom. The minimum absolute atomic E-state index is 0.0262. The van der Waals surface area contributed by atoms with Crippen LogP contribution in [0.5, 0.6) is 0 Å². The molecule has 1 fully saturated rings. The molecule has 1 rings (SSSR count). The van der Waals surface area contributed by atoms with Crippen LogP contribution in [-0.2, 0) is 9.53 Å². The van der Waals surface area contributed by atoms with Crippen molar-refractivity contribution in [3.05, 3.63) is 0 Å². The van der Waals surface area contributed by atoms with E-state index in [1.807, 2.05) is 6.92 Å². The lowest BCUT2D eigenvalue weighted by atomic mass is 9.94. The molecule has 1 aliphatic heterocycles. The summed E-state index contributed by atoms with van der Waals surface area (Å²) in [6.07, 6.45) is 2.62. The van der Waals surface area contributed by atoms with E-state index < -0.39 is 0 Å². The molecule has 1 amide bonds. The van der Waals surface area contributed by atoms with Crippen LogP contribution >= 0.6 is 0 Å². The molecular formula is C12H24N2O2. The Morgan fingerprint density at radius 1 is 1.50 bits per heavy atom. The molecule has 0 aromatic carbocycles. The van der Waals surface area contributed by atoms with Crippen molar-refractivity contribution in [3.63, 3.8) is 0 Å². The van der Waals surface area contributed by atoms with Gasteiger partial charge in [0.1, 0.15) is 0 Å². The summed E-state index contributed by atoms with van der Waals surface area (Å²) >= 11 is 0. The lowest BCUT2D eigenvalue weighted by Crippen LogP contribution is -2.44. The Balaban J connectivity index is 2.15. The molecule has 0 aromatic heterocycles. The first-order valence-corrected chi connectivity index (χ1v) is 6.17. The fourth-order valence-corrected chi connectivity index (χ4v) is 2.08. The fourth-order valence-electron chi connectivity index (χ4n) is 2.08. The first kappa shape index (κ1) is 13.5. The van der Waals surface area contributed by atoms with Gasteiger partial charge < -0.3 is 15.4 Å². The van der Waals surface area contributed by atoms with Crippen LogP contribution in [0.25, 0.3) is 0 Å². The summed E-state index contributed by atoms with van der Waals surface area (Å²) in [5.41, 5.74) is -0.0262. The Labute approximate surface area is 98.1 Å². The zero-order valence-corrected chi connectivity index (χ0v) is 10.6. The number of rotatable bonds is 5. The van der Waals surface area contributed by atoms with E-state index in [1.165, 1.54) is 0 Å². The zero-order valence-electron chi connectivity index (χ0n) is 10.6. The lowest BCUT2D eigenvalue weighted by Gasteiger charge is -2.35.